The van der Waals surface area contributed by atoms with Gasteiger partial charge in [0.15, 0.2) is 5.72 Å². The third kappa shape index (κ3) is 0.542. The lowest BCUT2D eigenvalue weighted by Crippen LogP contribution is -2.73. The Hall–Kier alpha value is -1.90. The van der Waals surface area contributed by atoms with Crippen LogP contribution in [0.3, 0.4) is 0 Å². The zero-order chi connectivity index (χ0) is 19.4. The Morgan fingerprint density at radius 3 is 2.00 bits per heavy atom. The molecule has 0 aromatic carbocycles. The van der Waals surface area contributed by atoms with Crippen molar-refractivity contribution in [1.29, 1.82) is 5.26 Å². The first-order chi connectivity index (χ1) is 14.5. The topological polar surface area (TPSA) is 96.3 Å². The van der Waals surface area contributed by atoms with E-state index in [0.29, 0.717) is 41.3 Å². The molecule has 15 fully saturated rings. The van der Waals surface area contributed by atoms with Gasteiger partial charge in [-0.15, -0.1) is 0 Å². The second kappa shape index (κ2) is 2.74. The number of nitriles is 1. The number of nitrogens with zero attached hydrogens (tertiary/aromatic N) is 1. The Bertz CT molecular complexity index is 1230. The molecule has 0 aromatic rings. The third-order valence-electron chi connectivity index (χ3n) is 15.1. The molecule has 15 rings (SSSR count). The smallest absolute Gasteiger partial charge is 0.304 e. The molecule has 6 heteroatoms. The molecule has 1 amide bonds. The van der Waals surface area contributed by atoms with Crippen molar-refractivity contribution in [3.8, 4) is 6.07 Å². The summed E-state index contributed by atoms with van der Waals surface area (Å²) in [6, 6.07) is 2.78. The first-order valence-electron chi connectivity index (χ1n) is 12.0. The molecule has 16 atom stereocenters. The minimum absolute atomic E-state index is 0.00748. The summed E-state index contributed by atoms with van der Waals surface area (Å²) in [7, 11) is 0. The number of Topliss-reactive ketones (excluding diaryl/α,β-unsaturated/α-hetero) is 1. The molecule has 13 aliphatic carbocycles. The highest BCUT2D eigenvalue weighted by molar-refractivity contribution is 6.01. The highest BCUT2D eigenvalue weighted by Gasteiger charge is 3.26. The molecule has 6 nitrogen and oxygen atoms in total. The number of fused-ring (bicyclic) bond motifs is 1. The van der Waals surface area contributed by atoms with E-state index < -0.39 is 5.72 Å². The minimum Gasteiger partial charge on any atom is -0.439 e. The van der Waals surface area contributed by atoms with Crippen LogP contribution >= 0.6 is 0 Å². The van der Waals surface area contributed by atoms with Gasteiger partial charge in [0, 0.05) is 36.5 Å². The molecule has 2 heterocycles. The highest BCUT2D eigenvalue weighted by Crippen LogP contribution is 3.24. The minimum atomic E-state index is -0.861. The van der Waals surface area contributed by atoms with Crippen LogP contribution < -0.4 is 5.32 Å². The van der Waals surface area contributed by atoms with Crippen LogP contribution in [0.4, 0.5) is 0 Å². The standard InChI is InChI=1S/C24H18N2O4/c1-3(27)30-24-17-7-8-15-16(28)14(7)20-10-4(2-25)11-6-5(10)12-9(19(29)26-24)13(6)23(18(8)24,21(11,15)20)22(12,17)20/h4-15,17-18H,1H3,(H,26,29). The summed E-state index contributed by atoms with van der Waals surface area (Å²) in [4.78, 5) is 40.1. The van der Waals surface area contributed by atoms with E-state index in [0.717, 1.165) is 0 Å². The number of carbonyl (C=O) groups is 3. The average Bonchev–Trinajstić information content (AvgIpc) is 3.46. The largest absolute Gasteiger partial charge is 0.439 e. The second-order valence-corrected chi connectivity index (χ2v) is 13.3. The predicted octanol–water partition coefficient (Wildman–Crippen LogP) is 0.190. The van der Waals surface area contributed by atoms with E-state index in [1.807, 2.05) is 0 Å². The number of esters is 1. The number of hydrogen-bond acceptors (Lipinski definition) is 5. The van der Waals surface area contributed by atoms with Gasteiger partial charge in [0.2, 0.25) is 5.91 Å². The molecule has 2 saturated heterocycles. The molecule has 4 spiro atoms. The van der Waals surface area contributed by atoms with Crippen molar-refractivity contribution in [3.63, 3.8) is 0 Å². The van der Waals surface area contributed by atoms with E-state index in [1.54, 1.807) is 0 Å². The summed E-state index contributed by atoms with van der Waals surface area (Å²) >= 11 is 0. The molecule has 148 valence electrons. The lowest BCUT2D eigenvalue weighted by atomic mass is 9.28. The van der Waals surface area contributed by atoms with Gasteiger partial charge in [-0.2, -0.15) is 5.26 Å². The predicted molar refractivity (Wildman–Crippen MR) is 91.9 cm³/mol. The van der Waals surface area contributed by atoms with Crippen molar-refractivity contribution in [2.75, 3.05) is 0 Å². The Kier molecular flexibility index (Phi) is 1.23. The normalized spacial score (nSPS) is 86.7. The van der Waals surface area contributed by atoms with E-state index in [2.05, 4.69) is 11.4 Å². The fraction of sp³-hybridized carbons (Fsp3) is 0.833. The Morgan fingerprint density at radius 1 is 0.933 bits per heavy atom. The summed E-state index contributed by atoms with van der Waals surface area (Å²) in [5, 5.41) is 13.7. The molecule has 30 heavy (non-hydrogen) atoms. The van der Waals surface area contributed by atoms with Gasteiger partial charge in [0.1, 0.15) is 5.78 Å². The number of amides is 1. The number of ketones is 1. The van der Waals surface area contributed by atoms with Crippen molar-refractivity contribution in [2.45, 2.75) is 12.6 Å². The maximum absolute atomic E-state index is 13.9. The maximum atomic E-state index is 13.9. The van der Waals surface area contributed by atoms with Crippen molar-refractivity contribution < 1.29 is 19.1 Å². The van der Waals surface area contributed by atoms with Crippen molar-refractivity contribution in [1.82, 2.24) is 5.32 Å². The van der Waals surface area contributed by atoms with Gasteiger partial charge < -0.3 is 10.1 Å². The van der Waals surface area contributed by atoms with Gasteiger partial charge in [-0.05, 0) is 69.0 Å². The fourth-order valence-corrected chi connectivity index (χ4v) is 17.8. The molecule has 16 unspecified atom stereocenters. The number of rotatable bonds is 1. The lowest BCUT2D eigenvalue weighted by Gasteiger charge is -2.73. The van der Waals surface area contributed by atoms with E-state index in [1.165, 1.54) is 6.92 Å². The van der Waals surface area contributed by atoms with E-state index in [9.17, 15) is 19.6 Å². The monoisotopic (exact) mass is 398 g/mol. The second-order valence-electron chi connectivity index (χ2n) is 13.3. The van der Waals surface area contributed by atoms with Gasteiger partial charge in [0.05, 0.1) is 12.0 Å². The van der Waals surface area contributed by atoms with Gasteiger partial charge >= 0.3 is 5.97 Å². The van der Waals surface area contributed by atoms with Crippen molar-refractivity contribution in [2.24, 2.45) is 105 Å². The van der Waals surface area contributed by atoms with E-state index in [4.69, 9.17) is 4.74 Å². The average molecular weight is 398 g/mol. The molecule has 2 aliphatic heterocycles. The molecular formula is C24H18N2O4. The van der Waals surface area contributed by atoms with Gasteiger partial charge in [0.25, 0.3) is 0 Å². The molecule has 1 N–H and O–H groups in total. The van der Waals surface area contributed by atoms with Crippen LogP contribution in [0.15, 0.2) is 0 Å². The summed E-state index contributed by atoms with van der Waals surface area (Å²) in [5.41, 5.74) is -0.880. The first-order valence-corrected chi connectivity index (χ1v) is 12.0. The zero-order valence-corrected chi connectivity index (χ0v) is 16.2. The van der Waals surface area contributed by atoms with Gasteiger partial charge in [-0.25, -0.2) is 0 Å². The van der Waals surface area contributed by atoms with Crippen LogP contribution in [0.2, 0.25) is 0 Å². The Balaban J connectivity index is 1.36. The third-order valence-corrected chi connectivity index (χ3v) is 15.1. The van der Waals surface area contributed by atoms with Crippen LogP contribution in [0.25, 0.3) is 0 Å². The molecule has 0 aromatic heterocycles. The number of nitrogens with one attached hydrogen (secondary N) is 1. The summed E-state index contributed by atoms with van der Waals surface area (Å²) < 4.78 is 6.28. The van der Waals surface area contributed by atoms with Gasteiger partial charge in [-0.1, -0.05) is 0 Å². The molecular weight excluding hydrogens is 380 g/mol. The first kappa shape index (κ1) is 13.5. The van der Waals surface area contributed by atoms with Crippen LogP contribution in [0.5, 0.6) is 0 Å². The van der Waals surface area contributed by atoms with E-state index in [-0.39, 0.29) is 80.9 Å². The van der Waals surface area contributed by atoms with Crippen LogP contribution in [0, 0.1) is 116 Å². The number of hydrogen-bond donors (Lipinski definition) is 1. The summed E-state index contributed by atoms with van der Waals surface area (Å²) in [6.07, 6.45) is 0. The Labute approximate surface area is 171 Å². The molecule has 15 aliphatic rings. The van der Waals surface area contributed by atoms with Crippen molar-refractivity contribution in [3.05, 3.63) is 0 Å². The molecule has 13 saturated carbocycles. The van der Waals surface area contributed by atoms with Crippen molar-refractivity contribution >= 4 is 17.7 Å². The Morgan fingerprint density at radius 2 is 1.50 bits per heavy atom. The fourth-order valence-electron chi connectivity index (χ4n) is 17.8. The molecule has 0 radical (unpaired) electrons. The zero-order valence-electron chi connectivity index (χ0n) is 16.2. The maximum Gasteiger partial charge on any atom is 0.304 e. The van der Waals surface area contributed by atoms with Crippen LogP contribution in [0.1, 0.15) is 6.92 Å². The quantitative estimate of drug-likeness (QED) is 0.636. The number of ether oxygens (including phenoxy) is 1. The number of carbonyl (C=O) groups excluding carboxylic acids is 3. The lowest BCUT2D eigenvalue weighted by molar-refractivity contribution is -0.297. The molecule has 12 bridgehead atoms. The van der Waals surface area contributed by atoms with Gasteiger partial charge in [-0.3, -0.25) is 14.4 Å². The summed E-state index contributed by atoms with van der Waals surface area (Å²) in [6.45, 7) is 1.48. The SMILES string of the molecule is CC(=O)OC12NC(=O)C3C4C5C6C7C(C#N)C5C58C9C(=O)C%10C%11C9C1C45C(C36)(C%112)C%1078. The van der Waals surface area contributed by atoms with Crippen LogP contribution in [-0.4, -0.2) is 23.4 Å². The van der Waals surface area contributed by atoms with Crippen LogP contribution in [-0.2, 0) is 19.1 Å². The summed E-state index contributed by atoms with van der Waals surface area (Å²) in [5.74, 6) is 3.89. The highest BCUT2D eigenvalue weighted by atomic mass is 16.6. The van der Waals surface area contributed by atoms with E-state index >= 15 is 0 Å².